The maximum absolute atomic E-state index is 11.9. The van der Waals surface area contributed by atoms with E-state index in [1.54, 1.807) is 31.3 Å². The zero-order valence-corrected chi connectivity index (χ0v) is 14.5. The van der Waals surface area contributed by atoms with Crippen LogP contribution in [0.4, 0.5) is 5.69 Å². The molecular formula is C18H23N3O5. The summed E-state index contributed by atoms with van der Waals surface area (Å²) in [5.74, 6) is -1.89. The predicted molar refractivity (Wildman–Crippen MR) is 94.3 cm³/mol. The van der Waals surface area contributed by atoms with Crippen LogP contribution in [0.3, 0.4) is 0 Å². The Balaban J connectivity index is 1.78. The normalized spacial score (nSPS) is 21.6. The number of aldehydes is 2. The van der Waals surface area contributed by atoms with E-state index in [1.807, 2.05) is 0 Å². The van der Waals surface area contributed by atoms with Crippen LogP contribution in [-0.2, 0) is 30.3 Å². The van der Waals surface area contributed by atoms with Crippen molar-refractivity contribution in [2.24, 2.45) is 17.6 Å². The van der Waals surface area contributed by atoms with Crippen LogP contribution < -0.4 is 16.4 Å². The summed E-state index contributed by atoms with van der Waals surface area (Å²) in [6.45, 7) is -0.374. The summed E-state index contributed by atoms with van der Waals surface area (Å²) in [4.78, 5) is 45.2. The Morgan fingerprint density at radius 3 is 2.46 bits per heavy atom. The largest absolute Gasteiger partial charge is 0.455 e. The van der Waals surface area contributed by atoms with E-state index >= 15 is 0 Å². The van der Waals surface area contributed by atoms with Crippen molar-refractivity contribution in [3.63, 3.8) is 0 Å². The van der Waals surface area contributed by atoms with E-state index in [1.165, 1.54) is 0 Å². The van der Waals surface area contributed by atoms with E-state index in [-0.39, 0.29) is 24.6 Å². The van der Waals surface area contributed by atoms with Crippen LogP contribution in [0.15, 0.2) is 24.3 Å². The summed E-state index contributed by atoms with van der Waals surface area (Å²) in [7, 11) is 1.73. The highest BCUT2D eigenvalue weighted by Gasteiger charge is 2.43. The molecular weight excluding hydrogens is 338 g/mol. The van der Waals surface area contributed by atoms with E-state index in [9.17, 15) is 19.2 Å². The number of benzene rings is 1. The molecule has 0 heterocycles. The fourth-order valence-electron chi connectivity index (χ4n) is 2.91. The molecule has 0 bridgehead atoms. The molecule has 1 aliphatic carbocycles. The maximum atomic E-state index is 11.9. The molecule has 0 saturated heterocycles. The van der Waals surface area contributed by atoms with Crippen molar-refractivity contribution in [2.75, 3.05) is 19.0 Å². The number of esters is 1. The fraction of sp³-hybridized carbons (Fsp3) is 0.444. The monoisotopic (exact) mass is 361 g/mol. The molecule has 1 amide bonds. The molecule has 8 nitrogen and oxygen atoms in total. The average Bonchev–Trinajstić information content (AvgIpc) is 2.63. The quantitative estimate of drug-likeness (QED) is 0.312. The van der Waals surface area contributed by atoms with E-state index < -0.39 is 17.8 Å². The number of carbonyl (C=O) groups excluding carboxylic acids is 4. The standard InChI is InChI=1S/C18H23N3O5/c1-20-17-14(7-15(17)19)18(25)26-10-16(24)21-13-4-2-11(3-5-13)6-12(8-22)9-23/h2-5,8-9,12,14-15,17,20H,6-7,10,19H2,1H3,(H,21,24). The van der Waals surface area contributed by atoms with Gasteiger partial charge in [-0.25, -0.2) is 0 Å². The molecule has 0 spiro atoms. The number of carbonyl (C=O) groups is 4. The number of amides is 1. The topological polar surface area (TPSA) is 128 Å². The summed E-state index contributed by atoms with van der Waals surface area (Å²) < 4.78 is 5.04. The van der Waals surface area contributed by atoms with Crippen molar-refractivity contribution in [1.82, 2.24) is 5.32 Å². The highest BCUT2D eigenvalue weighted by atomic mass is 16.5. The maximum Gasteiger partial charge on any atom is 0.311 e. The minimum Gasteiger partial charge on any atom is -0.455 e. The summed E-state index contributed by atoms with van der Waals surface area (Å²) in [5.41, 5.74) is 7.13. The van der Waals surface area contributed by atoms with Crippen molar-refractivity contribution in [2.45, 2.75) is 24.9 Å². The van der Waals surface area contributed by atoms with Gasteiger partial charge in [-0.1, -0.05) is 12.1 Å². The lowest BCUT2D eigenvalue weighted by Crippen LogP contribution is -2.61. The summed E-state index contributed by atoms with van der Waals surface area (Å²) in [5, 5.41) is 5.59. The number of hydrogen-bond acceptors (Lipinski definition) is 7. The number of nitrogens with two attached hydrogens (primary N) is 1. The number of ether oxygens (including phenoxy) is 1. The van der Waals surface area contributed by atoms with Gasteiger partial charge < -0.3 is 30.7 Å². The fourth-order valence-corrected chi connectivity index (χ4v) is 2.91. The molecule has 1 aromatic rings. The van der Waals surface area contributed by atoms with E-state index in [4.69, 9.17) is 10.5 Å². The lowest BCUT2D eigenvalue weighted by atomic mass is 9.75. The second-order valence-corrected chi connectivity index (χ2v) is 6.31. The lowest BCUT2D eigenvalue weighted by molar-refractivity contribution is -0.156. The summed E-state index contributed by atoms with van der Waals surface area (Å²) in [6, 6.07) is 6.54. The molecule has 1 aromatic carbocycles. The molecule has 26 heavy (non-hydrogen) atoms. The van der Waals surface area contributed by atoms with Gasteiger partial charge in [0.2, 0.25) is 0 Å². The minimum atomic E-state index is -0.670. The molecule has 0 aliphatic heterocycles. The molecule has 1 saturated carbocycles. The van der Waals surface area contributed by atoms with Gasteiger partial charge in [0.05, 0.1) is 11.8 Å². The van der Waals surface area contributed by atoms with Crippen molar-refractivity contribution < 1.29 is 23.9 Å². The van der Waals surface area contributed by atoms with Crippen LogP contribution in [0.5, 0.6) is 0 Å². The van der Waals surface area contributed by atoms with Gasteiger partial charge in [-0.15, -0.1) is 0 Å². The van der Waals surface area contributed by atoms with Gasteiger partial charge in [0.15, 0.2) is 6.61 Å². The molecule has 3 unspecified atom stereocenters. The Morgan fingerprint density at radius 1 is 1.27 bits per heavy atom. The van der Waals surface area contributed by atoms with Gasteiger partial charge in [0, 0.05) is 17.8 Å². The number of nitrogens with one attached hydrogen (secondary N) is 2. The first-order valence-electron chi connectivity index (χ1n) is 8.37. The smallest absolute Gasteiger partial charge is 0.311 e. The van der Waals surface area contributed by atoms with Crippen LogP contribution in [0.25, 0.3) is 0 Å². The Morgan fingerprint density at radius 2 is 1.92 bits per heavy atom. The highest BCUT2D eigenvalue weighted by molar-refractivity contribution is 5.93. The summed E-state index contributed by atoms with van der Waals surface area (Å²) in [6.07, 6.45) is 2.06. The van der Waals surface area contributed by atoms with Gasteiger partial charge in [0.1, 0.15) is 12.6 Å². The second-order valence-electron chi connectivity index (χ2n) is 6.31. The number of likely N-dealkylation sites (N-methyl/N-ethyl adjacent to an activating group) is 1. The molecule has 8 heteroatoms. The molecule has 0 radical (unpaired) electrons. The number of anilines is 1. The predicted octanol–water partition coefficient (Wildman–Crippen LogP) is -0.340. The molecule has 0 aromatic heterocycles. The van der Waals surface area contributed by atoms with Crippen molar-refractivity contribution in [3.05, 3.63) is 29.8 Å². The Kier molecular flexibility index (Phi) is 6.99. The zero-order chi connectivity index (χ0) is 19.1. The van der Waals surface area contributed by atoms with Gasteiger partial charge in [-0.05, 0) is 37.6 Å². The van der Waals surface area contributed by atoms with Crippen LogP contribution in [0.2, 0.25) is 0 Å². The zero-order valence-electron chi connectivity index (χ0n) is 14.5. The Hall–Kier alpha value is -2.58. The van der Waals surface area contributed by atoms with Gasteiger partial charge >= 0.3 is 5.97 Å². The molecule has 1 aliphatic rings. The Bertz CT molecular complexity index is 653. The third-order valence-electron chi connectivity index (χ3n) is 4.46. The van der Waals surface area contributed by atoms with Crippen LogP contribution in [0, 0.1) is 11.8 Å². The first-order chi connectivity index (χ1) is 12.5. The lowest BCUT2D eigenvalue weighted by Gasteiger charge is -2.40. The van der Waals surface area contributed by atoms with Crippen LogP contribution >= 0.6 is 0 Å². The third-order valence-corrected chi connectivity index (χ3v) is 4.46. The van der Waals surface area contributed by atoms with Crippen molar-refractivity contribution in [1.29, 1.82) is 0 Å². The SMILES string of the molecule is CNC1C(N)CC1C(=O)OCC(=O)Nc1ccc(CC(C=O)C=O)cc1. The molecule has 2 rings (SSSR count). The molecule has 1 fully saturated rings. The second kappa shape index (κ2) is 9.21. The van der Waals surface area contributed by atoms with E-state index in [0.29, 0.717) is 31.1 Å². The average molecular weight is 361 g/mol. The highest BCUT2D eigenvalue weighted by Crippen LogP contribution is 2.27. The third kappa shape index (κ3) is 4.96. The first kappa shape index (κ1) is 19.7. The Labute approximate surface area is 151 Å². The number of rotatable bonds is 9. The molecule has 3 atom stereocenters. The van der Waals surface area contributed by atoms with E-state index in [2.05, 4.69) is 10.6 Å². The van der Waals surface area contributed by atoms with Gasteiger partial charge in [-0.3, -0.25) is 9.59 Å². The molecule has 4 N–H and O–H groups in total. The van der Waals surface area contributed by atoms with Crippen molar-refractivity contribution >= 4 is 30.1 Å². The van der Waals surface area contributed by atoms with Crippen molar-refractivity contribution in [3.8, 4) is 0 Å². The minimum absolute atomic E-state index is 0.0806. The van der Waals surface area contributed by atoms with Crippen LogP contribution in [-0.4, -0.2) is 50.2 Å². The van der Waals surface area contributed by atoms with E-state index in [0.717, 1.165) is 5.56 Å². The van der Waals surface area contributed by atoms with Gasteiger partial charge in [-0.2, -0.15) is 0 Å². The molecule has 140 valence electrons. The first-order valence-corrected chi connectivity index (χ1v) is 8.37. The van der Waals surface area contributed by atoms with Gasteiger partial charge in [0.25, 0.3) is 5.91 Å². The summed E-state index contributed by atoms with van der Waals surface area (Å²) >= 11 is 0. The number of hydrogen-bond donors (Lipinski definition) is 3. The van der Waals surface area contributed by atoms with Crippen LogP contribution in [0.1, 0.15) is 12.0 Å².